The van der Waals surface area contributed by atoms with Crippen LogP contribution >= 0.6 is 12.2 Å². The summed E-state index contributed by atoms with van der Waals surface area (Å²) in [6.07, 6.45) is 3.48. The Bertz CT molecular complexity index is 848. The van der Waals surface area contributed by atoms with Gasteiger partial charge in [0.05, 0.1) is 6.04 Å². The highest BCUT2D eigenvalue weighted by molar-refractivity contribution is 7.80. The predicted molar refractivity (Wildman–Crippen MR) is 108 cm³/mol. The fraction of sp³-hybridized carbons (Fsp3) is 0.143. The monoisotopic (exact) mass is 347 g/mol. The molecule has 0 aliphatic rings. The van der Waals surface area contributed by atoms with Crippen molar-refractivity contribution >= 4 is 23.0 Å². The molecule has 126 valence electrons. The van der Waals surface area contributed by atoms with Crippen LogP contribution in [0, 0.1) is 13.8 Å². The SMILES string of the molecule is Cc1ccc([C@@H](NC(=S)Nc2ccncc2)c2ccccc2)c(C)c1. The molecule has 3 aromatic rings. The molecule has 25 heavy (non-hydrogen) atoms. The van der Waals surface area contributed by atoms with E-state index in [0.29, 0.717) is 5.11 Å². The number of hydrogen-bond acceptors (Lipinski definition) is 2. The van der Waals surface area contributed by atoms with E-state index in [1.165, 1.54) is 22.3 Å². The van der Waals surface area contributed by atoms with Crippen LogP contribution in [0.5, 0.6) is 0 Å². The van der Waals surface area contributed by atoms with Crippen molar-refractivity contribution in [3.8, 4) is 0 Å². The minimum absolute atomic E-state index is 0.0105. The lowest BCUT2D eigenvalue weighted by Crippen LogP contribution is -2.33. The summed E-state index contributed by atoms with van der Waals surface area (Å²) < 4.78 is 0. The third kappa shape index (κ3) is 4.43. The molecule has 3 rings (SSSR count). The number of benzene rings is 2. The van der Waals surface area contributed by atoms with E-state index in [1.807, 2.05) is 30.3 Å². The molecule has 2 N–H and O–H groups in total. The lowest BCUT2D eigenvalue weighted by atomic mass is 9.94. The zero-order chi connectivity index (χ0) is 17.6. The normalized spacial score (nSPS) is 11.6. The first-order valence-corrected chi connectivity index (χ1v) is 8.64. The molecule has 1 aromatic heterocycles. The van der Waals surface area contributed by atoms with Crippen LogP contribution in [-0.4, -0.2) is 10.1 Å². The van der Waals surface area contributed by atoms with E-state index in [1.54, 1.807) is 12.4 Å². The van der Waals surface area contributed by atoms with Gasteiger partial charge in [-0.15, -0.1) is 0 Å². The molecular formula is C21H21N3S. The molecule has 2 aromatic carbocycles. The fourth-order valence-corrected chi connectivity index (χ4v) is 3.10. The Labute approximate surface area is 154 Å². The summed E-state index contributed by atoms with van der Waals surface area (Å²) in [5.74, 6) is 0. The van der Waals surface area contributed by atoms with Gasteiger partial charge >= 0.3 is 0 Å². The van der Waals surface area contributed by atoms with Crippen LogP contribution < -0.4 is 10.6 Å². The average molecular weight is 347 g/mol. The zero-order valence-electron chi connectivity index (χ0n) is 14.4. The minimum Gasteiger partial charge on any atom is -0.352 e. The predicted octanol–water partition coefficient (Wildman–Crippen LogP) is 4.77. The fourth-order valence-electron chi connectivity index (χ4n) is 2.87. The van der Waals surface area contributed by atoms with Gasteiger partial charge in [0.15, 0.2) is 5.11 Å². The van der Waals surface area contributed by atoms with E-state index in [-0.39, 0.29) is 6.04 Å². The van der Waals surface area contributed by atoms with Crippen molar-refractivity contribution in [3.63, 3.8) is 0 Å². The van der Waals surface area contributed by atoms with Gasteiger partial charge in [-0.25, -0.2) is 0 Å². The highest BCUT2D eigenvalue weighted by Gasteiger charge is 2.17. The summed E-state index contributed by atoms with van der Waals surface area (Å²) in [6.45, 7) is 4.25. The number of aryl methyl sites for hydroxylation is 2. The second-order valence-electron chi connectivity index (χ2n) is 6.04. The van der Waals surface area contributed by atoms with E-state index in [9.17, 15) is 0 Å². The molecule has 0 fully saturated rings. The Hall–Kier alpha value is -2.72. The van der Waals surface area contributed by atoms with Crippen LogP contribution in [-0.2, 0) is 0 Å². The van der Waals surface area contributed by atoms with Gasteiger partial charge < -0.3 is 10.6 Å². The largest absolute Gasteiger partial charge is 0.352 e. The third-order valence-electron chi connectivity index (χ3n) is 4.08. The van der Waals surface area contributed by atoms with Gasteiger partial charge in [-0.05, 0) is 54.9 Å². The van der Waals surface area contributed by atoms with Crippen LogP contribution in [0.4, 0.5) is 5.69 Å². The maximum atomic E-state index is 5.54. The van der Waals surface area contributed by atoms with E-state index in [4.69, 9.17) is 12.2 Å². The molecule has 0 radical (unpaired) electrons. The number of nitrogens with one attached hydrogen (secondary N) is 2. The lowest BCUT2D eigenvalue weighted by molar-refractivity contribution is 0.762. The standard InChI is InChI=1S/C21H21N3S/c1-15-8-9-19(16(2)14-15)20(17-6-4-3-5-7-17)24-21(25)23-18-10-12-22-13-11-18/h3-14,20H,1-2H3,(H2,22,23,24,25)/t20-/m0/s1. The van der Waals surface area contributed by atoms with Crippen LogP contribution in [0.2, 0.25) is 0 Å². The average Bonchev–Trinajstić information content (AvgIpc) is 2.62. The number of rotatable bonds is 4. The molecule has 3 nitrogen and oxygen atoms in total. The van der Waals surface area contributed by atoms with Crippen LogP contribution in [0.15, 0.2) is 73.1 Å². The van der Waals surface area contributed by atoms with E-state index in [2.05, 4.69) is 59.8 Å². The third-order valence-corrected chi connectivity index (χ3v) is 4.30. The van der Waals surface area contributed by atoms with Crippen molar-refractivity contribution in [1.82, 2.24) is 10.3 Å². The van der Waals surface area contributed by atoms with Crippen molar-refractivity contribution in [2.24, 2.45) is 0 Å². The summed E-state index contributed by atoms with van der Waals surface area (Å²) in [5.41, 5.74) is 5.81. The molecule has 0 bridgehead atoms. The molecule has 4 heteroatoms. The Morgan fingerprint density at radius 2 is 1.68 bits per heavy atom. The molecule has 0 aliphatic heterocycles. The van der Waals surface area contributed by atoms with Gasteiger partial charge in [-0.2, -0.15) is 0 Å². The van der Waals surface area contributed by atoms with Crippen molar-refractivity contribution in [2.45, 2.75) is 19.9 Å². The molecule has 0 spiro atoms. The number of thiocarbonyl (C=S) groups is 1. The van der Waals surface area contributed by atoms with Crippen LogP contribution in [0.3, 0.4) is 0 Å². The van der Waals surface area contributed by atoms with Gasteiger partial charge in [-0.3, -0.25) is 4.98 Å². The van der Waals surface area contributed by atoms with Crippen molar-refractivity contribution < 1.29 is 0 Å². The summed E-state index contributed by atoms with van der Waals surface area (Å²) in [4.78, 5) is 4.02. The molecule has 0 saturated heterocycles. The van der Waals surface area contributed by atoms with Gasteiger partial charge in [0, 0.05) is 18.1 Å². The topological polar surface area (TPSA) is 37.0 Å². The van der Waals surface area contributed by atoms with Gasteiger partial charge in [0.25, 0.3) is 0 Å². The molecule has 0 unspecified atom stereocenters. The molecule has 0 aliphatic carbocycles. The van der Waals surface area contributed by atoms with Crippen molar-refractivity contribution in [3.05, 3.63) is 95.3 Å². The van der Waals surface area contributed by atoms with Gasteiger partial charge in [-0.1, -0.05) is 54.1 Å². The number of hydrogen-bond donors (Lipinski definition) is 2. The number of pyridine rings is 1. The van der Waals surface area contributed by atoms with Crippen molar-refractivity contribution in [2.75, 3.05) is 5.32 Å². The maximum absolute atomic E-state index is 5.54. The smallest absolute Gasteiger partial charge is 0.171 e. The van der Waals surface area contributed by atoms with E-state index >= 15 is 0 Å². The highest BCUT2D eigenvalue weighted by atomic mass is 32.1. The number of anilines is 1. The van der Waals surface area contributed by atoms with Crippen molar-refractivity contribution in [1.29, 1.82) is 0 Å². The lowest BCUT2D eigenvalue weighted by Gasteiger charge is -2.24. The molecule has 1 atom stereocenters. The maximum Gasteiger partial charge on any atom is 0.171 e. The summed E-state index contributed by atoms with van der Waals surface area (Å²) in [6, 6.07) is 20.6. The van der Waals surface area contributed by atoms with E-state index in [0.717, 1.165) is 5.69 Å². The first-order chi connectivity index (χ1) is 12.1. The first kappa shape index (κ1) is 17.1. The second kappa shape index (κ2) is 7.90. The summed E-state index contributed by atoms with van der Waals surface area (Å²) >= 11 is 5.54. The summed E-state index contributed by atoms with van der Waals surface area (Å²) in [7, 11) is 0. The first-order valence-electron chi connectivity index (χ1n) is 8.23. The van der Waals surface area contributed by atoms with Gasteiger partial charge in [0.2, 0.25) is 0 Å². The number of nitrogens with zero attached hydrogens (tertiary/aromatic N) is 1. The molecule has 0 saturated carbocycles. The summed E-state index contributed by atoms with van der Waals surface area (Å²) in [5, 5.41) is 7.26. The molecular weight excluding hydrogens is 326 g/mol. The Morgan fingerprint density at radius 1 is 0.960 bits per heavy atom. The quantitative estimate of drug-likeness (QED) is 0.666. The van der Waals surface area contributed by atoms with Gasteiger partial charge in [0.1, 0.15) is 0 Å². The molecule has 1 heterocycles. The molecule has 0 amide bonds. The Morgan fingerprint density at radius 3 is 2.36 bits per heavy atom. The van der Waals surface area contributed by atoms with Crippen LogP contribution in [0.25, 0.3) is 0 Å². The Kier molecular flexibility index (Phi) is 5.41. The van der Waals surface area contributed by atoms with Crippen LogP contribution in [0.1, 0.15) is 28.3 Å². The zero-order valence-corrected chi connectivity index (χ0v) is 15.2. The highest BCUT2D eigenvalue weighted by Crippen LogP contribution is 2.26. The second-order valence-corrected chi connectivity index (χ2v) is 6.45. The number of aromatic nitrogens is 1. The van der Waals surface area contributed by atoms with E-state index < -0.39 is 0 Å². The minimum atomic E-state index is -0.0105. The Balaban J connectivity index is 1.88.